The van der Waals surface area contributed by atoms with Crippen molar-refractivity contribution in [2.24, 2.45) is 0 Å². The van der Waals surface area contributed by atoms with E-state index >= 15 is 0 Å². The molecule has 0 atom stereocenters. The van der Waals surface area contributed by atoms with Gasteiger partial charge in [-0.15, -0.1) is 0 Å². The average Bonchev–Trinajstić information content (AvgIpc) is 2.45. The van der Waals surface area contributed by atoms with Gasteiger partial charge in [0.15, 0.2) is 23.4 Å². The summed E-state index contributed by atoms with van der Waals surface area (Å²) in [5.41, 5.74) is 0.0228. The van der Waals surface area contributed by atoms with E-state index < -0.39 is 5.82 Å². The fraction of sp³-hybridized carbons (Fsp3) is 0. The number of para-hydroxylation sites is 1. The van der Waals surface area contributed by atoms with E-state index in [-0.39, 0.29) is 16.4 Å². The standard InChI is InChI=1S/C9H4ClFO2/c10-8-5-2-1-3-6(11)9(5)13-7(8)4-12/h1-4H. The summed E-state index contributed by atoms with van der Waals surface area (Å²) in [6.45, 7) is 0. The Balaban J connectivity index is 2.91. The van der Waals surface area contributed by atoms with E-state index in [2.05, 4.69) is 0 Å². The first kappa shape index (κ1) is 8.26. The summed E-state index contributed by atoms with van der Waals surface area (Å²) in [5, 5.41) is 0.577. The highest BCUT2D eigenvalue weighted by Crippen LogP contribution is 2.30. The molecule has 1 heterocycles. The molecule has 1 aromatic carbocycles. The predicted molar refractivity (Wildman–Crippen MR) is 46.6 cm³/mol. The number of hydrogen-bond acceptors (Lipinski definition) is 2. The van der Waals surface area contributed by atoms with Gasteiger partial charge in [0.25, 0.3) is 0 Å². The van der Waals surface area contributed by atoms with Gasteiger partial charge in [-0.1, -0.05) is 17.7 Å². The zero-order valence-corrected chi connectivity index (χ0v) is 7.14. The van der Waals surface area contributed by atoms with Gasteiger partial charge in [0, 0.05) is 5.39 Å². The van der Waals surface area contributed by atoms with Crippen LogP contribution in [0, 0.1) is 5.82 Å². The van der Waals surface area contributed by atoms with E-state index in [1.54, 1.807) is 6.07 Å². The van der Waals surface area contributed by atoms with Crippen LogP contribution in [0.2, 0.25) is 5.02 Å². The van der Waals surface area contributed by atoms with Crippen LogP contribution in [0.25, 0.3) is 11.0 Å². The van der Waals surface area contributed by atoms with Gasteiger partial charge in [0.1, 0.15) is 0 Å². The minimum Gasteiger partial charge on any atom is -0.449 e. The smallest absolute Gasteiger partial charge is 0.186 e. The highest BCUT2D eigenvalue weighted by molar-refractivity contribution is 6.37. The molecule has 0 aliphatic carbocycles. The second-order valence-electron chi connectivity index (χ2n) is 2.51. The number of fused-ring (bicyclic) bond motifs is 1. The average molecular weight is 199 g/mol. The molecule has 2 nitrogen and oxygen atoms in total. The Bertz CT molecular complexity index is 476. The molecule has 2 aromatic rings. The zero-order chi connectivity index (χ0) is 9.42. The van der Waals surface area contributed by atoms with Gasteiger partial charge < -0.3 is 4.42 Å². The number of carbonyl (C=O) groups is 1. The maximum Gasteiger partial charge on any atom is 0.186 e. The van der Waals surface area contributed by atoms with Gasteiger partial charge in [0.2, 0.25) is 0 Å². The fourth-order valence-corrected chi connectivity index (χ4v) is 1.38. The molecule has 0 spiro atoms. The molecule has 66 valence electrons. The van der Waals surface area contributed by atoms with Crippen molar-refractivity contribution >= 4 is 28.9 Å². The third-order valence-corrected chi connectivity index (χ3v) is 2.13. The van der Waals surface area contributed by atoms with Crippen LogP contribution in [0.1, 0.15) is 10.6 Å². The summed E-state index contributed by atoms with van der Waals surface area (Å²) >= 11 is 5.74. The monoisotopic (exact) mass is 198 g/mol. The van der Waals surface area contributed by atoms with Crippen molar-refractivity contribution in [1.82, 2.24) is 0 Å². The van der Waals surface area contributed by atoms with Crippen LogP contribution in [0.15, 0.2) is 22.6 Å². The van der Waals surface area contributed by atoms with E-state index in [1.165, 1.54) is 12.1 Å². The highest BCUT2D eigenvalue weighted by atomic mass is 35.5. The van der Waals surface area contributed by atoms with Crippen molar-refractivity contribution in [1.29, 1.82) is 0 Å². The quantitative estimate of drug-likeness (QED) is 0.660. The largest absolute Gasteiger partial charge is 0.449 e. The van der Waals surface area contributed by atoms with Crippen molar-refractivity contribution in [3.8, 4) is 0 Å². The maximum atomic E-state index is 13.0. The molecule has 1 aromatic heterocycles. The van der Waals surface area contributed by atoms with Gasteiger partial charge in [0.05, 0.1) is 5.02 Å². The number of benzene rings is 1. The molecule has 0 aliphatic rings. The molecule has 0 saturated carbocycles. The van der Waals surface area contributed by atoms with Crippen molar-refractivity contribution in [3.63, 3.8) is 0 Å². The Morgan fingerprint density at radius 1 is 1.46 bits per heavy atom. The summed E-state index contributed by atoms with van der Waals surface area (Å²) in [4.78, 5) is 10.4. The molecule has 0 bridgehead atoms. The Labute approximate surface area is 77.9 Å². The summed E-state index contributed by atoms with van der Waals surface area (Å²) in [5.74, 6) is -0.561. The lowest BCUT2D eigenvalue weighted by atomic mass is 10.2. The molecule has 4 heteroatoms. The molecular formula is C9H4ClFO2. The Hall–Kier alpha value is -1.35. The highest BCUT2D eigenvalue weighted by Gasteiger charge is 2.13. The molecule has 13 heavy (non-hydrogen) atoms. The van der Waals surface area contributed by atoms with E-state index in [4.69, 9.17) is 16.0 Å². The SMILES string of the molecule is O=Cc1oc2c(F)cccc2c1Cl. The number of rotatable bonds is 1. The number of hydrogen-bond donors (Lipinski definition) is 0. The molecular weight excluding hydrogens is 195 g/mol. The third-order valence-electron chi connectivity index (χ3n) is 1.74. The molecule has 0 saturated heterocycles. The number of furan rings is 1. The fourth-order valence-electron chi connectivity index (χ4n) is 1.15. The molecule has 0 fully saturated rings. The minimum atomic E-state index is -0.521. The van der Waals surface area contributed by atoms with E-state index in [9.17, 15) is 9.18 Å². The molecule has 0 unspecified atom stereocenters. The second-order valence-corrected chi connectivity index (χ2v) is 2.89. The zero-order valence-electron chi connectivity index (χ0n) is 6.38. The number of aldehydes is 1. The van der Waals surface area contributed by atoms with Crippen LogP contribution >= 0.6 is 11.6 Å². The lowest BCUT2D eigenvalue weighted by Crippen LogP contribution is -1.71. The summed E-state index contributed by atoms with van der Waals surface area (Å²) in [6.07, 6.45) is 0.460. The van der Waals surface area contributed by atoms with Crippen LogP contribution in [-0.2, 0) is 0 Å². The molecule has 0 radical (unpaired) electrons. The van der Waals surface area contributed by atoms with Crippen LogP contribution in [0.3, 0.4) is 0 Å². The van der Waals surface area contributed by atoms with Crippen LogP contribution in [0.4, 0.5) is 4.39 Å². The first-order valence-electron chi connectivity index (χ1n) is 3.55. The minimum absolute atomic E-state index is 0.0228. The Morgan fingerprint density at radius 2 is 2.23 bits per heavy atom. The van der Waals surface area contributed by atoms with E-state index in [0.29, 0.717) is 11.7 Å². The molecule has 0 amide bonds. The number of halogens is 2. The summed E-state index contributed by atoms with van der Waals surface area (Å²) in [7, 11) is 0. The molecule has 0 aliphatic heterocycles. The van der Waals surface area contributed by atoms with Gasteiger partial charge in [-0.2, -0.15) is 0 Å². The maximum absolute atomic E-state index is 13.0. The van der Waals surface area contributed by atoms with Gasteiger partial charge in [-0.3, -0.25) is 4.79 Å². The van der Waals surface area contributed by atoms with E-state index in [1.807, 2.05) is 0 Å². The summed E-state index contributed by atoms with van der Waals surface area (Å²) in [6, 6.07) is 4.35. The van der Waals surface area contributed by atoms with Gasteiger partial charge in [-0.25, -0.2) is 4.39 Å². The lowest BCUT2D eigenvalue weighted by Gasteiger charge is -1.87. The second kappa shape index (κ2) is 2.85. The Kier molecular flexibility index (Phi) is 1.81. The van der Waals surface area contributed by atoms with Crippen molar-refractivity contribution in [2.75, 3.05) is 0 Å². The van der Waals surface area contributed by atoms with Crippen LogP contribution in [-0.4, -0.2) is 6.29 Å². The van der Waals surface area contributed by atoms with Crippen molar-refractivity contribution < 1.29 is 13.6 Å². The topological polar surface area (TPSA) is 30.2 Å². The van der Waals surface area contributed by atoms with Crippen molar-refractivity contribution in [3.05, 3.63) is 34.8 Å². The first-order valence-corrected chi connectivity index (χ1v) is 3.93. The van der Waals surface area contributed by atoms with Gasteiger partial charge >= 0.3 is 0 Å². The molecule has 0 N–H and O–H groups in total. The van der Waals surface area contributed by atoms with Crippen molar-refractivity contribution in [2.45, 2.75) is 0 Å². The number of carbonyl (C=O) groups excluding carboxylic acids is 1. The normalized spacial score (nSPS) is 10.6. The molecule has 2 rings (SSSR count). The Morgan fingerprint density at radius 3 is 2.85 bits per heavy atom. The predicted octanol–water partition coefficient (Wildman–Crippen LogP) is 3.04. The third kappa shape index (κ3) is 1.12. The van der Waals surface area contributed by atoms with E-state index in [0.717, 1.165) is 0 Å². The van der Waals surface area contributed by atoms with Crippen LogP contribution < -0.4 is 0 Å². The lowest BCUT2D eigenvalue weighted by molar-refractivity contribution is 0.110. The van der Waals surface area contributed by atoms with Crippen LogP contribution in [0.5, 0.6) is 0 Å². The van der Waals surface area contributed by atoms with Gasteiger partial charge in [-0.05, 0) is 12.1 Å². The summed E-state index contributed by atoms with van der Waals surface area (Å²) < 4.78 is 18.0. The first-order chi connectivity index (χ1) is 6.24.